The summed E-state index contributed by atoms with van der Waals surface area (Å²) >= 11 is 0. The minimum atomic E-state index is 0.0324. The van der Waals surface area contributed by atoms with Crippen molar-refractivity contribution >= 4 is 5.91 Å². The maximum atomic E-state index is 11.4. The molecule has 1 atom stereocenters. The molecule has 0 spiro atoms. The van der Waals surface area contributed by atoms with Gasteiger partial charge < -0.3 is 9.80 Å². The van der Waals surface area contributed by atoms with Gasteiger partial charge in [0.25, 0.3) is 0 Å². The minimum absolute atomic E-state index is 0.0324. The lowest BCUT2D eigenvalue weighted by Gasteiger charge is -2.28. The Morgan fingerprint density at radius 2 is 2.27 bits per heavy atom. The first-order valence-corrected chi connectivity index (χ1v) is 3.91. The van der Waals surface area contributed by atoms with E-state index < -0.39 is 0 Å². The summed E-state index contributed by atoms with van der Waals surface area (Å²) in [6.07, 6.45) is 2.05. The highest BCUT2D eigenvalue weighted by molar-refractivity contribution is 5.81. The lowest BCUT2D eigenvalue weighted by atomic mass is 10.2. The Kier molecular flexibility index (Phi) is 2.49. The molecular formula is C8H15N2O-. The quantitative estimate of drug-likeness (QED) is 0.509. The second kappa shape index (κ2) is 3.22. The number of hydrogen-bond donors (Lipinski definition) is 0. The van der Waals surface area contributed by atoms with E-state index in [9.17, 15) is 4.79 Å². The van der Waals surface area contributed by atoms with Crippen molar-refractivity contribution in [3.05, 3.63) is 7.05 Å². The fourth-order valence-electron chi connectivity index (χ4n) is 1.40. The number of amides is 1. The van der Waals surface area contributed by atoms with E-state index in [1.807, 2.05) is 4.90 Å². The molecule has 0 bridgehead atoms. The third kappa shape index (κ3) is 1.71. The van der Waals surface area contributed by atoms with Crippen LogP contribution in [0.3, 0.4) is 0 Å². The van der Waals surface area contributed by atoms with Gasteiger partial charge in [-0.1, -0.05) is 0 Å². The van der Waals surface area contributed by atoms with Crippen molar-refractivity contribution in [3.8, 4) is 0 Å². The lowest BCUT2D eigenvalue weighted by molar-refractivity contribution is -0.132. The van der Waals surface area contributed by atoms with E-state index in [1.165, 1.54) is 0 Å². The first kappa shape index (κ1) is 8.53. The molecule has 0 saturated carbocycles. The predicted molar refractivity (Wildman–Crippen MR) is 43.8 cm³/mol. The summed E-state index contributed by atoms with van der Waals surface area (Å²) in [5.74, 6) is 0.178. The van der Waals surface area contributed by atoms with Crippen LogP contribution in [0.15, 0.2) is 0 Å². The van der Waals surface area contributed by atoms with Gasteiger partial charge in [-0.15, -0.1) is 0 Å². The van der Waals surface area contributed by atoms with E-state index in [2.05, 4.69) is 7.05 Å². The largest absolute Gasteiger partial charge is 0.449 e. The molecule has 0 aromatic heterocycles. The Morgan fingerprint density at radius 3 is 2.64 bits per heavy atom. The molecule has 0 aliphatic carbocycles. The number of likely N-dealkylation sites (N-methyl/N-ethyl adjacent to an activating group) is 1. The molecule has 0 aromatic rings. The van der Waals surface area contributed by atoms with Gasteiger partial charge in [0.15, 0.2) is 0 Å². The number of hydrogen-bond acceptors (Lipinski definition) is 2. The molecular weight excluding hydrogens is 140 g/mol. The van der Waals surface area contributed by atoms with Crippen molar-refractivity contribution < 1.29 is 4.79 Å². The van der Waals surface area contributed by atoms with Gasteiger partial charge in [0.2, 0.25) is 5.91 Å². The van der Waals surface area contributed by atoms with Crippen molar-refractivity contribution in [1.82, 2.24) is 9.80 Å². The van der Waals surface area contributed by atoms with Gasteiger partial charge >= 0.3 is 0 Å². The molecule has 1 aliphatic rings. The van der Waals surface area contributed by atoms with Gasteiger partial charge in [0.1, 0.15) is 0 Å². The van der Waals surface area contributed by atoms with Crippen LogP contribution in [0.25, 0.3) is 0 Å². The first-order chi connectivity index (χ1) is 5.13. The van der Waals surface area contributed by atoms with Crippen LogP contribution in [0.4, 0.5) is 0 Å². The summed E-state index contributed by atoms with van der Waals surface area (Å²) in [5.41, 5.74) is 0. The molecule has 0 unspecified atom stereocenters. The number of nitrogens with zero attached hydrogens (tertiary/aromatic N) is 2. The van der Waals surface area contributed by atoms with E-state index in [0.717, 1.165) is 19.4 Å². The Balaban J connectivity index is 2.53. The summed E-state index contributed by atoms with van der Waals surface area (Å²) < 4.78 is 0. The third-order valence-corrected chi connectivity index (χ3v) is 2.09. The van der Waals surface area contributed by atoms with Gasteiger partial charge in [0.05, 0.1) is 6.04 Å². The highest BCUT2D eigenvalue weighted by Gasteiger charge is 2.24. The molecule has 1 aliphatic heterocycles. The van der Waals surface area contributed by atoms with E-state index in [1.54, 1.807) is 19.0 Å². The summed E-state index contributed by atoms with van der Waals surface area (Å²) in [6, 6.07) is 0.0324. The van der Waals surface area contributed by atoms with E-state index >= 15 is 0 Å². The second-order valence-corrected chi connectivity index (χ2v) is 3.20. The average Bonchev–Trinajstić information content (AvgIpc) is 2.33. The molecule has 1 fully saturated rings. The molecule has 64 valence electrons. The Bertz CT molecular complexity index is 156. The SMILES string of the molecule is [CH2-]N1CCC[C@H]1C(=O)N(C)C. The number of rotatable bonds is 1. The van der Waals surface area contributed by atoms with Gasteiger partial charge in [-0.05, 0) is 19.4 Å². The van der Waals surface area contributed by atoms with Crippen LogP contribution in [0.2, 0.25) is 0 Å². The molecule has 11 heavy (non-hydrogen) atoms. The minimum Gasteiger partial charge on any atom is -0.449 e. The van der Waals surface area contributed by atoms with Gasteiger partial charge in [-0.3, -0.25) is 11.8 Å². The molecule has 1 heterocycles. The fraction of sp³-hybridized carbons (Fsp3) is 0.750. The summed E-state index contributed by atoms with van der Waals surface area (Å²) in [7, 11) is 7.38. The monoisotopic (exact) mass is 155 g/mol. The Labute approximate surface area is 68.0 Å². The summed E-state index contributed by atoms with van der Waals surface area (Å²) in [5, 5.41) is 0. The molecule has 0 aromatic carbocycles. The molecule has 0 radical (unpaired) electrons. The average molecular weight is 155 g/mol. The molecule has 1 rings (SSSR count). The van der Waals surface area contributed by atoms with E-state index in [0.29, 0.717) is 0 Å². The summed E-state index contributed by atoms with van der Waals surface area (Å²) in [4.78, 5) is 14.9. The fourth-order valence-corrected chi connectivity index (χ4v) is 1.40. The van der Waals surface area contributed by atoms with E-state index in [4.69, 9.17) is 0 Å². The Morgan fingerprint density at radius 1 is 1.64 bits per heavy atom. The van der Waals surface area contributed by atoms with Crippen molar-refractivity contribution in [2.24, 2.45) is 0 Å². The standard InChI is InChI=1S/C8H15N2O/c1-9(2)8(11)7-5-4-6-10(7)3/h7H,3-6H2,1-2H3/q-1/t7-/m0/s1. The van der Waals surface area contributed by atoms with Crippen LogP contribution in [-0.4, -0.2) is 42.4 Å². The van der Waals surface area contributed by atoms with Gasteiger partial charge in [-0.2, -0.15) is 0 Å². The maximum Gasteiger partial charge on any atom is 0.236 e. The van der Waals surface area contributed by atoms with Crippen LogP contribution in [0.1, 0.15) is 12.8 Å². The third-order valence-electron chi connectivity index (χ3n) is 2.09. The van der Waals surface area contributed by atoms with Crippen LogP contribution in [0.5, 0.6) is 0 Å². The van der Waals surface area contributed by atoms with Crippen LogP contribution in [0, 0.1) is 7.05 Å². The van der Waals surface area contributed by atoms with E-state index in [-0.39, 0.29) is 11.9 Å². The molecule has 0 N–H and O–H groups in total. The van der Waals surface area contributed by atoms with Crippen LogP contribution >= 0.6 is 0 Å². The number of carbonyl (C=O) groups excluding carboxylic acids is 1. The van der Waals surface area contributed by atoms with Crippen molar-refractivity contribution in [1.29, 1.82) is 0 Å². The second-order valence-electron chi connectivity index (χ2n) is 3.20. The maximum absolute atomic E-state index is 11.4. The number of carbonyl (C=O) groups is 1. The van der Waals surface area contributed by atoms with Gasteiger partial charge in [-0.25, -0.2) is 0 Å². The zero-order valence-electron chi connectivity index (χ0n) is 7.21. The van der Waals surface area contributed by atoms with Crippen molar-refractivity contribution in [2.45, 2.75) is 18.9 Å². The molecule has 3 nitrogen and oxygen atoms in total. The predicted octanol–water partition coefficient (Wildman–Crippen LogP) is 0.331. The van der Waals surface area contributed by atoms with Crippen molar-refractivity contribution in [2.75, 3.05) is 20.6 Å². The highest BCUT2D eigenvalue weighted by Crippen LogP contribution is 2.16. The van der Waals surface area contributed by atoms with Crippen molar-refractivity contribution in [3.63, 3.8) is 0 Å². The molecule has 3 heteroatoms. The van der Waals surface area contributed by atoms with Crippen LogP contribution < -0.4 is 0 Å². The summed E-state index contributed by atoms with van der Waals surface area (Å²) in [6.45, 7) is 0.949. The lowest BCUT2D eigenvalue weighted by Crippen LogP contribution is -2.39. The highest BCUT2D eigenvalue weighted by atomic mass is 16.2. The van der Waals surface area contributed by atoms with Gasteiger partial charge in [0, 0.05) is 14.1 Å². The smallest absolute Gasteiger partial charge is 0.236 e. The molecule has 1 saturated heterocycles. The zero-order valence-corrected chi connectivity index (χ0v) is 7.21. The van der Waals surface area contributed by atoms with Crippen LogP contribution in [-0.2, 0) is 4.79 Å². The molecule has 1 amide bonds. The zero-order chi connectivity index (χ0) is 8.43. The normalized spacial score (nSPS) is 25.5. The first-order valence-electron chi connectivity index (χ1n) is 3.91. The Hall–Kier alpha value is -0.570. The topological polar surface area (TPSA) is 23.6 Å². The number of likely N-dealkylation sites (tertiary alicyclic amines) is 1.